The van der Waals surface area contributed by atoms with E-state index >= 15 is 0 Å². The van der Waals surface area contributed by atoms with E-state index in [1.165, 1.54) is 0 Å². The van der Waals surface area contributed by atoms with Crippen LogP contribution in [-0.2, 0) is 6.54 Å². The molecule has 0 aliphatic rings. The first-order valence-corrected chi connectivity index (χ1v) is 4.98. The minimum Gasteiger partial charge on any atom is -0.335 e. The molecule has 2 N–H and O–H groups in total. The summed E-state index contributed by atoms with van der Waals surface area (Å²) in [6, 6.07) is 5.74. The van der Waals surface area contributed by atoms with E-state index in [1.54, 1.807) is 4.74 Å². The highest BCUT2D eigenvalue weighted by atomic mass is 16.5. The predicted molar refractivity (Wildman–Crippen MR) is 58.8 cm³/mol. The van der Waals surface area contributed by atoms with Crippen molar-refractivity contribution in [2.75, 3.05) is 0 Å². The molecule has 0 spiro atoms. The standard InChI is InChI=1S/C11H14N2O2/c1-7(2)13-9-5-3-4-8(6-12)10(9)11(14)15-13/h3-5,7H,6,12H2,1-2H3. The fourth-order valence-corrected chi connectivity index (χ4v) is 1.74. The van der Waals surface area contributed by atoms with E-state index in [1.807, 2.05) is 32.0 Å². The molecule has 0 atom stereocenters. The molecular weight excluding hydrogens is 192 g/mol. The van der Waals surface area contributed by atoms with Crippen molar-refractivity contribution in [3.8, 4) is 0 Å². The van der Waals surface area contributed by atoms with Gasteiger partial charge >= 0.3 is 5.63 Å². The normalized spacial score (nSPS) is 11.5. The topological polar surface area (TPSA) is 61.2 Å². The molecule has 0 saturated carbocycles. The Morgan fingerprint density at radius 2 is 2.20 bits per heavy atom. The predicted octanol–water partition coefficient (Wildman–Crippen LogP) is 1.63. The Morgan fingerprint density at radius 1 is 1.47 bits per heavy atom. The lowest BCUT2D eigenvalue weighted by molar-refractivity contribution is 0.234. The minimum absolute atomic E-state index is 0.128. The van der Waals surface area contributed by atoms with Gasteiger partial charge in [0.2, 0.25) is 0 Å². The van der Waals surface area contributed by atoms with Crippen molar-refractivity contribution in [3.63, 3.8) is 0 Å². The smallest absolute Gasteiger partial charge is 0.335 e. The van der Waals surface area contributed by atoms with Crippen molar-refractivity contribution in [2.45, 2.75) is 26.4 Å². The Bertz CT molecular complexity index is 537. The van der Waals surface area contributed by atoms with Crippen molar-refractivity contribution >= 4 is 10.9 Å². The number of fused-ring (bicyclic) bond motifs is 1. The van der Waals surface area contributed by atoms with Gasteiger partial charge in [0, 0.05) is 6.54 Å². The molecule has 1 aromatic carbocycles. The van der Waals surface area contributed by atoms with Gasteiger partial charge in [0.1, 0.15) is 0 Å². The Hall–Kier alpha value is -1.55. The second kappa shape index (κ2) is 3.55. The fraction of sp³-hybridized carbons (Fsp3) is 0.364. The van der Waals surface area contributed by atoms with E-state index < -0.39 is 0 Å². The third-order valence-corrected chi connectivity index (χ3v) is 2.44. The maximum absolute atomic E-state index is 11.6. The summed E-state index contributed by atoms with van der Waals surface area (Å²) in [5, 5.41) is 0.605. The second-order valence-electron chi connectivity index (χ2n) is 3.81. The van der Waals surface area contributed by atoms with E-state index in [0.717, 1.165) is 11.1 Å². The van der Waals surface area contributed by atoms with E-state index in [-0.39, 0.29) is 11.7 Å². The minimum atomic E-state index is -0.306. The molecule has 1 heterocycles. The average Bonchev–Trinajstić information content (AvgIpc) is 2.56. The van der Waals surface area contributed by atoms with E-state index in [4.69, 9.17) is 10.3 Å². The molecule has 0 amide bonds. The van der Waals surface area contributed by atoms with Gasteiger partial charge in [-0.3, -0.25) is 0 Å². The number of rotatable bonds is 2. The number of hydrogen-bond acceptors (Lipinski definition) is 3. The Kier molecular flexibility index (Phi) is 2.36. The maximum atomic E-state index is 11.6. The Labute approximate surface area is 87.2 Å². The summed E-state index contributed by atoms with van der Waals surface area (Å²) in [6.07, 6.45) is 0. The third-order valence-electron chi connectivity index (χ3n) is 2.44. The van der Waals surface area contributed by atoms with Crippen LogP contribution >= 0.6 is 0 Å². The molecule has 80 valence electrons. The van der Waals surface area contributed by atoms with Gasteiger partial charge in [-0.15, -0.1) is 0 Å². The van der Waals surface area contributed by atoms with Crippen LogP contribution in [-0.4, -0.2) is 4.74 Å². The number of hydrogen-bond donors (Lipinski definition) is 1. The summed E-state index contributed by atoms with van der Waals surface area (Å²) in [4.78, 5) is 11.6. The zero-order valence-electron chi connectivity index (χ0n) is 8.86. The first-order chi connectivity index (χ1) is 7.15. The molecule has 2 aromatic rings. The summed E-state index contributed by atoms with van der Waals surface area (Å²) in [5.41, 5.74) is 6.93. The molecule has 0 fully saturated rings. The van der Waals surface area contributed by atoms with Crippen LogP contribution in [0, 0.1) is 0 Å². The first kappa shape index (κ1) is 9.98. The lowest BCUT2D eigenvalue weighted by Crippen LogP contribution is -2.01. The monoisotopic (exact) mass is 206 g/mol. The number of nitrogens with two attached hydrogens (primary N) is 1. The fourth-order valence-electron chi connectivity index (χ4n) is 1.74. The van der Waals surface area contributed by atoms with E-state index in [0.29, 0.717) is 11.9 Å². The van der Waals surface area contributed by atoms with Crippen LogP contribution in [0.5, 0.6) is 0 Å². The number of aromatic nitrogens is 1. The highest BCUT2D eigenvalue weighted by Gasteiger charge is 2.13. The summed E-state index contributed by atoms with van der Waals surface area (Å²) in [5.74, 6) is 0. The van der Waals surface area contributed by atoms with Crippen LogP contribution in [0.25, 0.3) is 10.9 Å². The zero-order chi connectivity index (χ0) is 11.0. The summed E-state index contributed by atoms with van der Waals surface area (Å²) in [6.45, 7) is 4.29. The quantitative estimate of drug-likeness (QED) is 0.812. The second-order valence-corrected chi connectivity index (χ2v) is 3.81. The highest BCUT2D eigenvalue weighted by molar-refractivity contribution is 5.81. The van der Waals surface area contributed by atoms with Crippen LogP contribution in [0.15, 0.2) is 27.5 Å². The summed E-state index contributed by atoms with van der Waals surface area (Å²) < 4.78 is 6.80. The van der Waals surface area contributed by atoms with Crippen molar-refractivity contribution in [1.29, 1.82) is 0 Å². The van der Waals surface area contributed by atoms with Gasteiger partial charge in [-0.1, -0.05) is 12.1 Å². The average molecular weight is 206 g/mol. The van der Waals surface area contributed by atoms with Crippen LogP contribution in [0.3, 0.4) is 0 Å². The van der Waals surface area contributed by atoms with Gasteiger partial charge in [-0.05, 0) is 25.5 Å². The van der Waals surface area contributed by atoms with Gasteiger partial charge in [-0.25, -0.2) is 9.53 Å². The number of nitrogens with zero attached hydrogens (tertiary/aromatic N) is 1. The summed E-state index contributed by atoms with van der Waals surface area (Å²) in [7, 11) is 0. The molecule has 0 bridgehead atoms. The molecule has 4 heteroatoms. The van der Waals surface area contributed by atoms with Crippen molar-refractivity contribution < 1.29 is 4.52 Å². The van der Waals surface area contributed by atoms with Crippen LogP contribution in [0.2, 0.25) is 0 Å². The van der Waals surface area contributed by atoms with Crippen LogP contribution < -0.4 is 11.4 Å². The van der Waals surface area contributed by atoms with Crippen molar-refractivity contribution in [2.24, 2.45) is 5.73 Å². The lowest BCUT2D eigenvalue weighted by Gasteiger charge is -2.05. The Morgan fingerprint density at radius 3 is 2.80 bits per heavy atom. The molecule has 0 aliphatic carbocycles. The van der Waals surface area contributed by atoms with Gasteiger partial charge in [-0.2, -0.15) is 0 Å². The van der Waals surface area contributed by atoms with Gasteiger partial charge < -0.3 is 10.3 Å². The molecule has 0 radical (unpaired) electrons. The molecule has 1 aromatic heterocycles. The molecular formula is C11H14N2O2. The van der Waals surface area contributed by atoms with Crippen LogP contribution in [0.1, 0.15) is 25.5 Å². The van der Waals surface area contributed by atoms with Gasteiger partial charge in [0.05, 0.1) is 16.9 Å². The van der Waals surface area contributed by atoms with Crippen molar-refractivity contribution in [3.05, 3.63) is 34.2 Å². The third kappa shape index (κ3) is 1.47. The highest BCUT2D eigenvalue weighted by Crippen LogP contribution is 2.19. The molecule has 0 unspecified atom stereocenters. The largest absolute Gasteiger partial charge is 0.365 e. The molecule has 0 aliphatic heterocycles. The molecule has 0 saturated heterocycles. The maximum Gasteiger partial charge on any atom is 0.365 e. The SMILES string of the molecule is CC(C)n1oc(=O)c2c(CN)cccc21. The first-order valence-electron chi connectivity index (χ1n) is 4.98. The zero-order valence-corrected chi connectivity index (χ0v) is 8.86. The lowest BCUT2D eigenvalue weighted by atomic mass is 10.1. The molecule has 4 nitrogen and oxygen atoms in total. The van der Waals surface area contributed by atoms with Gasteiger partial charge in [0.15, 0.2) is 0 Å². The van der Waals surface area contributed by atoms with E-state index in [2.05, 4.69) is 0 Å². The Balaban J connectivity index is 2.86. The van der Waals surface area contributed by atoms with Crippen LogP contribution in [0.4, 0.5) is 0 Å². The van der Waals surface area contributed by atoms with Gasteiger partial charge in [0.25, 0.3) is 0 Å². The molecule has 2 rings (SSSR count). The van der Waals surface area contributed by atoms with E-state index in [9.17, 15) is 4.79 Å². The van der Waals surface area contributed by atoms with Crippen molar-refractivity contribution in [1.82, 2.24) is 4.74 Å². The molecule has 15 heavy (non-hydrogen) atoms. The number of benzene rings is 1. The summed E-state index contributed by atoms with van der Waals surface area (Å²) >= 11 is 0.